The summed E-state index contributed by atoms with van der Waals surface area (Å²) >= 11 is 0. The molecule has 1 aliphatic heterocycles. The largest absolute Gasteiger partial charge is 0.481 e. The molecule has 5 heteroatoms. The fourth-order valence-corrected chi connectivity index (χ4v) is 1.75. The topological polar surface area (TPSA) is 69.6 Å². The number of amides is 2. The van der Waals surface area contributed by atoms with Crippen molar-refractivity contribution >= 4 is 12.0 Å². The lowest BCUT2D eigenvalue weighted by molar-refractivity contribution is -0.138. The van der Waals surface area contributed by atoms with E-state index in [0.717, 1.165) is 12.8 Å². The Hall–Kier alpha value is -1.26. The zero-order valence-electron chi connectivity index (χ0n) is 8.32. The molecule has 0 aromatic carbocycles. The summed E-state index contributed by atoms with van der Waals surface area (Å²) in [5.74, 6) is -0.517. The molecular weight excluding hydrogens is 184 g/mol. The van der Waals surface area contributed by atoms with Crippen LogP contribution in [0.25, 0.3) is 0 Å². The fourth-order valence-electron chi connectivity index (χ4n) is 1.75. The van der Waals surface area contributed by atoms with E-state index in [4.69, 9.17) is 5.11 Å². The van der Waals surface area contributed by atoms with E-state index in [2.05, 4.69) is 5.32 Å². The molecule has 0 spiro atoms. The van der Waals surface area contributed by atoms with E-state index in [0.29, 0.717) is 13.1 Å². The maximum absolute atomic E-state index is 11.2. The lowest BCUT2D eigenvalue weighted by atomic mass is 9.94. The summed E-state index contributed by atoms with van der Waals surface area (Å²) in [4.78, 5) is 23.4. The van der Waals surface area contributed by atoms with E-state index in [1.54, 1.807) is 11.9 Å². The smallest absolute Gasteiger partial charge is 0.317 e. The number of hydrogen-bond acceptors (Lipinski definition) is 2. The molecular formula is C9H16N2O3. The number of nitrogens with one attached hydrogen (secondary N) is 1. The normalized spacial score (nSPS) is 17.9. The van der Waals surface area contributed by atoms with Gasteiger partial charge in [-0.15, -0.1) is 0 Å². The first-order chi connectivity index (χ1) is 6.63. The zero-order chi connectivity index (χ0) is 10.6. The van der Waals surface area contributed by atoms with Crippen LogP contribution in [-0.4, -0.2) is 42.1 Å². The summed E-state index contributed by atoms with van der Waals surface area (Å²) < 4.78 is 0. The number of carboxylic acids is 1. The van der Waals surface area contributed by atoms with Crippen LogP contribution in [0.15, 0.2) is 0 Å². The van der Waals surface area contributed by atoms with Gasteiger partial charge in [-0.25, -0.2) is 4.79 Å². The lowest BCUT2D eigenvalue weighted by Gasteiger charge is -2.30. The fraction of sp³-hybridized carbons (Fsp3) is 0.778. The maximum atomic E-state index is 11.2. The molecule has 1 saturated heterocycles. The van der Waals surface area contributed by atoms with Crippen molar-refractivity contribution in [2.45, 2.75) is 19.3 Å². The van der Waals surface area contributed by atoms with Crippen LogP contribution < -0.4 is 5.32 Å². The molecule has 1 aliphatic rings. The van der Waals surface area contributed by atoms with Crippen LogP contribution in [0.1, 0.15) is 19.3 Å². The number of aliphatic carboxylic acids is 1. The van der Waals surface area contributed by atoms with E-state index in [1.165, 1.54) is 0 Å². The van der Waals surface area contributed by atoms with Crippen molar-refractivity contribution in [2.75, 3.05) is 20.1 Å². The second-order valence-corrected chi connectivity index (χ2v) is 3.58. The lowest BCUT2D eigenvalue weighted by Crippen LogP contribution is -2.43. The average molecular weight is 200 g/mol. The minimum atomic E-state index is -0.747. The van der Waals surface area contributed by atoms with Crippen molar-refractivity contribution in [1.82, 2.24) is 10.2 Å². The minimum Gasteiger partial charge on any atom is -0.481 e. The van der Waals surface area contributed by atoms with Gasteiger partial charge >= 0.3 is 12.0 Å². The van der Waals surface area contributed by atoms with Gasteiger partial charge in [0.2, 0.25) is 0 Å². The van der Waals surface area contributed by atoms with Gasteiger partial charge in [-0.1, -0.05) is 0 Å². The van der Waals surface area contributed by atoms with Crippen LogP contribution in [-0.2, 0) is 4.79 Å². The third kappa shape index (κ3) is 2.90. The van der Waals surface area contributed by atoms with Crippen molar-refractivity contribution in [3.05, 3.63) is 0 Å². The zero-order valence-corrected chi connectivity index (χ0v) is 8.32. The highest BCUT2D eigenvalue weighted by Gasteiger charge is 2.23. The predicted octanol–water partition coefficient (Wildman–Crippen LogP) is 0.513. The molecule has 1 rings (SSSR count). The Labute approximate surface area is 83.1 Å². The Balaban J connectivity index is 2.31. The molecule has 2 amide bonds. The number of likely N-dealkylation sites (tertiary alicyclic amines) is 1. The standard InChI is InChI=1S/C9H16N2O3/c1-10-9(14)11-4-2-7(3-5-11)6-8(12)13/h7H,2-6H2,1H3,(H,10,14)(H,12,13). The highest BCUT2D eigenvalue weighted by Crippen LogP contribution is 2.20. The summed E-state index contributed by atoms with van der Waals surface area (Å²) in [6.07, 6.45) is 1.81. The van der Waals surface area contributed by atoms with Gasteiger partial charge in [-0.3, -0.25) is 4.79 Å². The first kappa shape index (κ1) is 10.8. The van der Waals surface area contributed by atoms with Gasteiger partial charge in [0.05, 0.1) is 0 Å². The van der Waals surface area contributed by atoms with Crippen molar-refractivity contribution in [1.29, 1.82) is 0 Å². The molecule has 2 N–H and O–H groups in total. The molecule has 0 aromatic heterocycles. The van der Waals surface area contributed by atoms with Gasteiger partial charge in [0, 0.05) is 26.6 Å². The summed E-state index contributed by atoms with van der Waals surface area (Å²) in [6, 6.07) is -0.0706. The van der Waals surface area contributed by atoms with Gasteiger partial charge in [-0.2, -0.15) is 0 Å². The molecule has 0 saturated carbocycles. The molecule has 0 aromatic rings. The van der Waals surface area contributed by atoms with Gasteiger partial charge in [-0.05, 0) is 18.8 Å². The summed E-state index contributed by atoms with van der Waals surface area (Å²) in [6.45, 7) is 1.33. The quantitative estimate of drug-likeness (QED) is 0.682. The number of rotatable bonds is 2. The molecule has 5 nitrogen and oxygen atoms in total. The summed E-state index contributed by atoms with van der Waals surface area (Å²) in [5.41, 5.74) is 0. The van der Waals surface area contributed by atoms with Gasteiger partial charge in [0.1, 0.15) is 0 Å². The molecule has 0 unspecified atom stereocenters. The molecule has 80 valence electrons. The van der Waals surface area contributed by atoms with Gasteiger partial charge in [0.15, 0.2) is 0 Å². The van der Waals surface area contributed by atoms with Crippen molar-refractivity contribution in [3.63, 3.8) is 0 Å². The number of carbonyl (C=O) groups excluding carboxylic acids is 1. The van der Waals surface area contributed by atoms with E-state index in [-0.39, 0.29) is 18.4 Å². The second-order valence-electron chi connectivity index (χ2n) is 3.58. The number of carboxylic acid groups (broad SMARTS) is 1. The molecule has 0 atom stereocenters. The Morgan fingerprint density at radius 3 is 2.43 bits per heavy atom. The monoisotopic (exact) mass is 200 g/mol. The van der Waals surface area contributed by atoms with Crippen LogP contribution in [0.4, 0.5) is 4.79 Å². The van der Waals surface area contributed by atoms with E-state index in [9.17, 15) is 9.59 Å². The number of carbonyl (C=O) groups is 2. The predicted molar refractivity (Wildman–Crippen MR) is 51.0 cm³/mol. The highest BCUT2D eigenvalue weighted by molar-refractivity contribution is 5.73. The number of hydrogen-bond donors (Lipinski definition) is 2. The maximum Gasteiger partial charge on any atom is 0.317 e. The van der Waals surface area contributed by atoms with Crippen LogP contribution in [0.3, 0.4) is 0 Å². The van der Waals surface area contributed by atoms with Crippen LogP contribution in [0.2, 0.25) is 0 Å². The third-order valence-electron chi connectivity index (χ3n) is 2.58. The summed E-state index contributed by atoms with van der Waals surface area (Å²) in [5, 5.41) is 11.2. The first-order valence-electron chi connectivity index (χ1n) is 4.82. The Morgan fingerprint density at radius 1 is 1.43 bits per heavy atom. The van der Waals surface area contributed by atoms with E-state index < -0.39 is 5.97 Å². The van der Waals surface area contributed by atoms with Crippen LogP contribution in [0, 0.1) is 5.92 Å². The molecule has 0 radical (unpaired) electrons. The minimum absolute atomic E-state index is 0.0706. The van der Waals surface area contributed by atoms with Crippen LogP contribution in [0.5, 0.6) is 0 Å². The first-order valence-corrected chi connectivity index (χ1v) is 4.82. The second kappa shape index (κ2) is 4.83. The van der Waals surface area contributed by atoms with Crippen molar-refractivity contribution in [3.8, 4) is 0 Å². The molecule has 0 aliphatic carbocycles. The number of nitrogens with zero attached hydrogens (tertiary/aromatic N) is 1. The number of piperidine rings is 1. The Kier molecular flexibility index (Phi) is 3.73. The summed E-state index contributed by atoms with van der Waals surface area (Å²) in [7, 11) is 1.60. The highest BCUT2D eigenvalue weighted by atomic mass is 16.4. The Bertz CT molecular complexity index is 222. The number of urea groups is 1. The average Bonchev–Trinajstić information content (AvgIpc) is 2.17. The van der Waals surface area contributed by atoms with Gasteiger partial charge in [0.25, 0.3) is 0 Å². The van der Waals surface area contributed by atoms with Gasteiger partial charge < -0.3 is 15.3 Å². The van der Waals surface area contributed by atoms with E-state index in [1.807, 2.05) is 0 Å². The van der Waals surface area contributed by atoms with E-state index >= 15 is 0 Å². The van der Waals surface area contributed by atoms with Crippen LogP contribution >= 0.6 is 0 Å². The Morgan fingerprint density at radius 2 is 2.00 bits per heavy atom. The third-order valence-corrected chi connectivity index (χ3v) is 2.58. The molecule has 1 fully saturated rings. The van der Waals surface area contributed by atoms with Crippen molar-refractivity contribution in [2.24, 2.45) is 5.92 Å². The van der Waals surface area contributed by atoms with Crippen molar-refractivity contribution < 1.29 is 14.7 Å². The molecule has 1 heterocycles. The molecule has 14 heavy (non-hydrogen) atoms. The SMILES string of the molecule is CNC(=O)N1CCC(CC(=O)O)CC1. The molecule has 0 bridgehead atoms.